The maximum absolute atomic E-state index is 11.7. The summed E-state index contributed by atoms with van der Waals surface area (Å²) in [6.45, 7) is 4.37. The molecule has 0 aliphatic rings. The summed E-state index contributed by atoms with van der Waals surface area (Å²) in [6, 6.07) is 5.42. The highest BCUT2D eigenvalue weighted by Crippen LogP contribution is 2.27. The molecule has 4 nitrogen and oxygen atoms in total. The number of benzene rings is 1. The molecule has 0 aliphatic carbocycles. The Morgan fingerprint density at radius 1 is 1.50 bits per heavy atom. The Hall–Kier alpha value is -1.26. The smallest absolute Gasteiger partial charge is 0.238 e. The maximum Gasteiger partial charge on any atom is 0.238 e. The fourth-order valence-electron chi connectivity index (χ4n) is 1.38. The monoisotopic (exact) mass is 270 g/mol. The van der Waals surface area contributed by atoms with Gasteiger partial charge >= 0.3 is 0 Å². The molecule has 1 atom stereocenters. The first-order chi connectivity index (χ1) is 8.56. The van der Waals surface area contributed by atoms with Gasteiger partial charge in [0.2, 0.25) is 5.91 Å². The van der Waals surface area contributed by atoms with E-state index in [4.69, 9.17) is 16.3 Å². The van der Waals surface area contributed by atoms with Gasteiger partial charge in [0, 0.05) is 11.1 Å². The van der Waals surface area contributed by atoms with E-state index in [9.17, 15) is 4.79 Å². The number of carbonyl (C=O) groups excluding carboxylic acids is 1. The predicted molar refractivity (Wildman–Crippen MR) is 74.4 cm³/mol. The van der Waals surface area contributed by atoms with Gasteiger partial charge < -0.3 is 15.4 Å². The zero-order valence-corrected chi connectivity index (χ0v) is 11.7. The van der Waals surface area contributed by atoms with E-state index in [0.29, 0.717) is 22.5 Å². The SMILES string of the molecule is CCC(C)NCC(=O)Nc1cc(Cl)ccc1OC. The van der Waals surface area contributed by atoms with E-state index < -0.39 is 0 Å². The van der Waals surface area contributed by atoms with Crippen LogP contribution in [0.2, 0.25) is 5.02 Å². The minimum Gasteiger partial charge on any atom is -0.495 e. The van der Waals surface area contributed by atoms with Crippen molar-refractivity contribution in [2.24, 2.45) is 0 Å². The first-order valence-corrected chi connectivity index (χ1v) is 6.31. The van der Waals surface area contributed by atoms with E-state index in [-0.39, 0.29) is 12.5 Å². The number of hydrogen-bond donors (Lipinski definition) is 2. The standard InChI is InChI=1S/C13H19ClN2O2/c1-4-9(2)15-8-13(17)16-11-7-10(14)5-6-12(11)18-3/h5-7,9,15H,4,8H2,1-3H3,(H,16,17). The molecule has 0 radical (unpaired) electrons. The molecule has 5 heteroatoms. The minimum atomic E-state index is -0.115. The van der Waals surface area contributed by atoms with Crippen LogP contribution in [0.1, 0.15) is 20.3 Å². The molecule has 0 aromatic heterocycles. The Morgan fingerprint density at radius 3 is 2.83 bits per heavy atom. The fourth-order valence-corrected chi connectivity index (χ4v) is 1.56. The molecule has 18 heavy (non-hydrogen) atoms. The second kappa shape index (κ2) is 7.24. The van der Waals surface area contributed by atoms with Crippen molar-refractivity contribution in [2.75, 3.05) is 19.0 Å². The van der Waals surface area contributed by atoms with Crippen molar-refractivity contribution >= 4 is 23.2 Å². The highest BCUT2D eigenvalue weighted by atomic mass is 35.5. The summed E-state index contributed by atoms with van der Waals surface area (Å²) in [6.07, 6.45) is 0.980. The highest BCUT2D eigenvalue weighted by Gasteiger charge is 2.09. The fraction of sp³-hybridized carbons (Fsp3) is 0.462. The second-order valence-corrected chi connectivity index (χ2v) is 4.52. The Labute approximate surface area is 113 Å². The molecule has 0 saturated carbocycles. The second-order valence-electron chi connectivity index (χ2n) is 4.08. The number of ether oxygens (including phenoxy) is 1. The molecule has 0 aliphatic heterocycles. The highest BCUT2D eigenvalue weighted by molar-refractivity contribution is 6.31. The van der Waals surface area contributed by atoms with Crippen LogP contribution in [-0.2, 0) is 4.79 Å². The van der Waals surface area contributed by atoms with Crippen molar-refractivity contribution < 1.29 is 9.53 Å². The number of rotatable bonds is 6. The number of halogens is 1. The van der Waals surface area contributed by atoms with Crippen LogP contribution < -0.4 is 15.4 Å². The van der Waals surface area contributed by atoms with Crippen LogP contribution in [0.25, 0.3) is 0 Å². The number of methoxy groups -OCH3 is 1. The molecule has 2 N–H and O–H groups in total. The van der Waals surface area contributed by atoms with E-state index in [1.807, 2.05) is 6.92 Å². The van der Waals surface area contributed by atoms with Crippen LogP contribution in [0.5, 0.6) is 5.75 Å². The lowest BCUT2D eigenvalue weighted by atomic mass is 10.2. The molecule has 1 aromatic rings. The maximum atomic E-state index is 11.7. The summed E-state index contributed by atoms with van der Waals surface area (Å²) in [5, 5.41) is 6.45. The first kappa shape index (κ1) is 14.8. The van der Waals surface area contributed by atoms with E-state index >= 15 is 0 Å². The third-order valence-electron chi connectivity index (χ3n) is 2.66. The molecule has 0 spiro atoms. The van der Waals surface area contributed by atoms with Crippen molar-refractivity contribution in [3.05, 3.63) is 23.2 Å². The van der Waals surface area contributed by atoms with Crippen molar-refractivity contribution in [2.45, 2.75) is 26.3 Å². The summed E-state index contributed by atoms with van der Waals surface area (Å²) < 4.78 is 5.15. The van der Waals surface area contributed by atoms with Crippen LogP contribution in [0.3, 0.4) is 0 Å². The van der Waals surface area contributed by atoms with Crippen LogP contribution in [-0.4, -0.2) is 25.6 Å². The lowest BCUT2D eigenvalue weighted by Crippen LogP contribution is -2.34. The van der Waals surface area contributed by atoms with Crippen molar-refractivity contribution in [3.63, 3.8) is 0 Å². The van der Waals surface area contributed by atoms with E-state index in [1.165, 1.54) is 0 Å². The molecule has 1 aromatic carbocycles. The first-order valence-electron chi connectivity index (χ1n) is 5.93. The van der Waals surface area contributed by atoms with E-state index in [2.05, 4.69) is 17.6 Å². The molecule has 0 heterocycles. The Bertz CT molecular complexity index is 410. The van der Waals surface area contributed by atoms with Gasteiger partial charge in [-0.05, 0) is 31.5 Å². The minimum absolute atomic E-state index is 0.115. The quantitative estimate of drug-likeness (QED) is 0.836. The Balaban J connectivity index is 2.61. The van der Waals surface area contributed by atoms with Gasteiger partial charge in [-0.15, -0.1) is 0 Å². The van der Waals surface area contributed by atoms with Crippen LogP contribution in [0.4, 0.5) is 5.69 Å². The largest absolute Gasteiger partial charge is 0.495 e. The van der Waals surface area contributed by atoms with Gasteiger partial charge in [-0.2, -0.15) is 0 Å². The van der Waals surface area contributed by atoms with E-state index in [0.717, 1.165) is 6.42 Å². The molecule has 1 amide bonds. The molecule has 0 fully saturated rings. The number of amides is 1. The molecular formula is C13H19ClN2O2. The van der Waals surface area contributed by atoms with Gasteiger partial charge in [0.05, 0.1) is 19.3 Å². The van der Waals surface area contributed by atoms with Gasteiger partial charge in [0.1, 0.15) is 5.75 Å². The molecular weight excluding hydrogens is 252 g/mol. The molecule has 1 unspecified atom stereocenters. The predicted octanol–water partition coefficient (Wildman–Crippen LogP) is 2.68. The average molecular weight is 271 g/mol. The zero-order valence-electron chi connectivity index (χ0n) is 10.9. The van der Waals surface area contributed by atoms with Gasteiger partial charge in [-0.25, -0.2) is 0 Å². The number of anilines is 1. The summed E-state index contributed by atoms with van der Waals surface area (Å²) in [5.74, 6) is 0.479. The summed E-state index contributed by atoms with van der Waals surface area (Å²) in [5.41, 5.74) is 0.584. The summed E-state index contributed by atoms with van der Waals surface area (Å²) in [7, 11) is 1.55. The van der Waals surface area contributed by atoms with Crippen LogP contribution in [0.15, 0.2) is 18.2 Å². The van der Waals surface area contributed by atoms with Crippen LogP contribution >= 0.6 is 11.6 Å². The Morgan fingerprint density at radius 2 is 2.22 bits per heavy atom. The van der Waals surface area contributed by atoms with Crippen molar-refractivity contribution in [1.82, 2.24) is 5.32 Å². The third kappa shape index (κ3) is 4.55. The topological polar surface area (TPSA) is 50.4 Å². The lowest BCUT2D eigenvalue weighted by Gasteiger charge is -2.13. The van der Waals surface area contributed by atoms with Crippen LogP contribution in [0, 0.1) is 0 Å². The Kier molecular flexibility index (Phi) is 5.95. The third-order valence-corrected chi connectivity index (χ3v) is 2.89. The lowest BCUT2D eigenvalue weighted by molar-refractivity contribution is -0.115. The molecule has 0 bridgehead atoms. The number of nitrogens with one attached hydrogen (secondary N) is 2. The van der Waals surface area contributed by atoms with E-state index in [1.54, 1.807) is 25.3 Å². The normalized spacial score (nSPS) is 12.0. The average Bonchev–Trinajstić information content (AvgIpc) is 2.36. The summed E-state index contributed by atoms with van der Waals surface area (Å²) >= 11 is 5.88. The van der Waals surface area contributed by atoms with Gasteiger partial charge in [0.15, 0.2) is 0 Å². The molecule has 100 valence electrons. The van der Waals surface area contributed by atoms with Gasteiger partial charge in [-0.3, -0.25) is 4.79 Å². The van der Waals surface area contributed by atoms with Gasteiger partial charge in [-0.1, -0.05) is 18.5 Å². The molecule has 0 saturated heterocycles. The number of carbonyl (C=O) groups is 1. The molecule has 1 rings (SSSR count). The zero-order chi connectivity index (χ0) is 13.5. The van der Waals surface area contributed by atoms with Crippen molar-refractivity contribution in [3.8, 4) is 5.75 Å². The summed E-state index contributed by atoms with van der Waals surface area (Å²) in [4.78, 5) is 11.7. The van der Waals surface area contributed by atoms with Gasteiger partial charge in [0.25, 0.3) is 0 Å². The number of hydrogen-bond acceptors (Lipinski definition) is 3. The van der Waals surface area contributed by atoms with Crippen molar-refractivity contribution in [1.29, 1.82) is 0 Å².